The molecule has 1 fully saturated rings. The number of likely N-dealkylation sites (N-methyl/N-ethyl adjacent to an activating group) is 1. The van der Waals surface area contributed by atoms with Gasteiger partial charge in [-0.15, -0.1) is 0 Å². The molecule has 0 saturated carbocycles. The third-order valence-electron chi connectivity index (χ3n) is 5.07. The molecule has 160 valence electrons. The van der Waals surface area contributed by atoms with E-state index in [0.29, 0.717) is 42.9 Å². The molecule has 1 aliphatic heterocycles. The van der Waals surface area contributed by atoms with Crippen molar-refractivity contribution in [3.8, 4) is 11.5 Å². The number of carbonyl (C=O) groups excluding carboxylic acids is 1. The SMILES string of the molecule is CCN1CCCC1CNC(=O)c1ccc(OCC=C(C)C)cc1OCC=C(C)C. The summed E-state index contributed by atoms with van der Waals surface area (Å²) in [5.74, 6) is 1.14. The Morgan fingerprint density at radius 2 is 1.83 bits per heavy atom. The summed E-state index contributed by atoms with van der Waals surface area (Å²) in [6.07, 6.45) is 6.35. The van der Waals surface area contributed by atoms with Crippen molar-refractivity contribution >= 4 is 5.91 Å². The zero-order valence-corrected chi connectivity index (χ0v) is 18.6. The van der Waals surface area contributed by atoms with Crippen LogP contribution in [0.5, 0.6) is 11.5 Å². The fourth-order valence-electron chi connectivity index (χ4n) is 3.35. The Kier molecular flexibility index (Phi) is 9.26. The Bertz CT molecular complexity index is 732. The summed E-state index contributed by atoms with van der Waals surface area (Å²) in [6.45, 7) is 14.0. The van der Waals surface area contributed by atoms with E-state index in [1.165, 1.54) is 17.6 Å². The lowest BCUT2D eigenvalue weighted by Gasteiger charge is -2.23. The van der Waals surface area contributed by atoms with Gasteiger partial charge < -0.3 is 14.8 Å². The van der Waals surface area contributed by atoms with Crippen molar-refractivity contribution in [2.45, 2.75) is 53.5 Å². The number of hydrogen-bond acceptors (Lipinski definition) is 4. The predicted octanol–water partition coefficient (Wildman–Crippen LogP) is 4.59. The molecule has 1 N–H and O–H groups in total. The molecule has 0 spiro atoms. The molecule has 2 rings (SSSR count). The van der Waals surface area contributed by atoms with Gasteiger partial charge in [0.05, 0.1) is 5.56 Å². The van der Waals surface area contributed by atoms with Crippen molar-refractivity contribution < 1.29 is 14.3 Å². The molecule has 0 aromatic heterocycles. The molecule has 0 bridgehead atoms. The molecule has 5 heteroatoms. The van der Waals surface area contributed by atoms with Crippen molar-refractivity contribution in [1.29, 1.82) is 0 Å². The second-order valence-electron chi connectivity index (χ2n) is 7.98. The highest BCUT2D eigenvalue weighted by atomic mass is 16.5. The van der Waals surface area contributed by atoms with Gasteiger partial charge in [-0.3, -0.25) is 9.69 Å². The Balaban J connectivity index is 2.09. The first-order valence-electron chi connectivity index (χ1n) is 10.6. The fourth-order valence-corrected chi connectivity index (χ4v) is 3.35. The van der Waals surface area contributed by atoms with Crippen molar-refractivity contribution in [2.75, 3.05) is 32.8 Å². The lowest BCUT2D eigenvalue weighted by atomic mass is 10.1. The van der Waals surface area contributed by atoms with Crippen LogP contribution in [-0.4, -0.2) is 49.7 Å². The molecule has 0 radical (unpaired) electrons. The Labute approximate surface area is 175 Å². The normalized spacial score (nSPS) is 16.2. The third-order valence-corrected chi connectivity index (χ3v) is 5.07. The molecule has 5 nitrogen and oxygen atoms in total. The van der Waals surface area contributed by atoms with Crippen LogP contribution in [0, 0.1) is 0 Å². The molecular formula is C24H36N2O3. The van der Waals surface area contributed by atoms with Gasteiger partial charge in [-0.1, -0.05) is 18.1 Å². The number of hydrogen-bond donors (Lipinski definition) is 1. The van der Waals surface area contributed by atoms with Crippen LogP contribution in [0.1, 0.15) is 57.8 Å². The molecular weight excluding hydrogens is 364 g/mol. The lowest BCUT2D eigenvalue weighted by molar-refractivity contribution is 0.0937. The minimum atomic E-state index is -0.101. The first kappa shape index (κ1) is 23.0. The van der Waals surface area contributed by atoms with Crippen molar-refractivity contribution in [3.63, 3.8) is 0 Å². The van der Waals surface area contributed by atoms with Crippen molar-refractivity contribution in [2.24, 2.45) is 0 Å². The van der Waals surface area contributed by atoms with Gasteiger partial charge in [-0.2, -0.15) is 0 Å². The zero-order valence-electron chi connectivity index (χ0n) is 18.6. The molecule has 1 aliphatic rings. The van der Waals surface area contributed by atoms with E-state index in [1.807, 2.05) is 45.9 Å². The first-order chi connectivity index (χ1) is 13.9. The lowest BCUT2D eigenvalue weighted by Crippen LogP contribution is -2.40. The summed E-state index contributed by atoms with van der Waals surface area (Å²) in [4.78, 5) is 15.3. The Morgan fingerprint density at radius 1 is 1.14 bits per heavy atom. The number of allylic oxidation sites excluding steroid dienone is 2. The van der Waals surface area contributed by atoms with Gasteiger partial charge in [0.15, 0.2) is 0 Å². The maximum absolute atomic E-state index is 12.9. The number of rotatable bonds is 10. The van der Waals surface area contributed by atoms with Crippen LogP contribution in [-0.2, 0) is 0 Å². The molecule has 1 amide bonds. The van der Waals surface area contributed by atoms with E-state index < -0.39 is 0 Å². The summed E-state index contributed by atoms with van der Waals surface area (Å²) in [7, 11) is 0. The minimum absolute atomic E-state index is 0.101. The average molecular weight is 401 g/mol. The zero-order chi connectivity index (χ0) is 21.2. The highest BCUT2D eigenvalue weighted by Crippen LogP contribution is 2.26. The van der Waals surface area contributed by atoms with Gasteiger partial charge in [0, 0.05) is 18.7 Å². The van der Waals surface area contributed by atoms with E-state index in [0.717, 1.165) is 19.5 Å². The van der Waals surface area contributed by atoms with Crippen LogP contribution < -0.4 is 14.8 Å². The molecule has 1 unspecified atom stereocenters. The number of ether oxygens (including phenoxy) is 2. The van der Waals surface area contributed by atoms with Gasteiger partial charge in [0.2, 0.25) is 0 Å². The van der Waals surface area contributed by atoms with E-state index in [9.17, 15) is 4.79 Å². The van der Waals surface area contributed by atoms with Crippen LogP contribution in [0.3, 0.4) is 0 Å². The van der Waals surface area contributed by atoms with Gasteiger partial charge >= 0.3 is 0 Å². The van der Waals surface area contributed by atoms with Crippen LogP contribution in [0.2, 0.25) is 0 Å². The number of benzene rings is 1. The summed E-state index contributed by atoms with van der Waals surface area (Å²) >= 11 is 0. The third kappa shape index (κ3) is 7.58. The number of nitrogens with zero attached hydrogens (tertiary/aromatic N) is 1. The van der Waals surface area contributed by atoms with E-state index >= 15 is 0 Å². The largest absolute Gasteiger partial charge is 0.489 e. The van der Waals surface area contributed by atoms with Crippen molar-refractivity contribution in [3.05, 3.63) is 47.1 Å². The predicted molar refractivity (Wildman–Crippen MR) is 119 cm³/mol. The van der Waals surface area contributed by atoms with Crippen LogP contribution in [0.25, 0.3) is 0 Å². The van der Waals surface area contributed by atoms with Crippen LogP contribution in [0.4, 0.5) is 0 Å². The Morgan fingerprint density at radius 3 is 2.48 bits per heavy atom. The molecule has 29 heavy (non-hydrogen) atoms. The second-order valence-corrected chi connectivity index (χ2v) is 7.98. The number of carbonyl (C=O) groups is 1. The minimum Gasteiger partial charge on any atom is -0.489 e. The maximum atomic E-state index is 12.9. The van der Waals surface area contributed by atoms with E-state index in [2.05, 4.69) is 17.1 Å². The summed E-state index contributed by atoms with van der Waals surface area (Å²) < 4.78 is 11.7. The average Bonchev–Trinajstić information content (AvgIpc) is 3.13. The molecule has 1 aromatic carbocycles. The number of likely N-dealkylation sites (tertiary alicyclic amines) is 1. The summed E-state index contributed by atoms with van der Waals surface area (Å²) in [6, 6.07) is 5.85. The maximum Gasteiger partial charge on any atom is 0.255 e. The quantitative estimate of drug-likeness (QED) is 0.584. The highest BCUT2D eigenvalue weighted by molar-refractivity contribution is 5.97. The van der Waals surface area contributed by atoms with Gasteiger partial charge in [0.25, 0.3) is 5.91 Å². The first-order valence-corrected chi connectivity index (χ1v) is 10.6. The van der Waals surface area contributed by atoms with E-state index in [4.69, 9.17) is 9.47 Å². The highest BCUT2D eigenvalue weighted by Gasteiger charge is 2.24. The topological polar surface area (TPSA) is 50.8 Å². The van der Waals surface area contributed by atoms with Crippen LogP contribution >= 0.6 is 0 Å². The molecule has 0 aliphatic carbocycles. The second kappa shape index (κ2) is 11.7. The standard InChI is InChI=1S/C24H36N2O3/c1-6-26-13-7-8-20(26)17-25-24(27)22-10-9-21(28-14-11-18(2)3)16-23(22)29-15-12-19(4)5/h9-12,16,20H,6-8,13-15,17H2,1-5H3,(H,25,27). The number of nitrogens with one attached hydrogen (secondary N) is 1. The summed E-state index contributed by atoms with van der Waals surface area (Å²) in [5, 5.41) is 3.10. The molecule has 1 atom stereocenters. The van der Waals surface area contributed by atoms with Crippen molar-refractivity contribution in [1.82, 2.24) is 10.2 Å². The van der Waals surface area contributed by atoms with Crippen LogP contribution in [0.15, 0.2) is 41.5 Å². The van der Waals surface area contributed by atoms with Gasteiger partial charge in [0.1, 0.15) is 24.7 Å². The van der Waals surface area contributed by atoms with Gasteiger partial charge in [-0.25, -0.2) is 0 Å². The van der Waals surface area contributed by atoms with E-state index in [1.54, 1.807) is 12.1 Å². The molecule has 1 saturated heterocycles. The van der Waals surface area contributed by atoms with Gasteiger partial charge in [-0.05, 0) is 77.9 Å². The monoisotopic (exact) mass is 400 g/mol. The summed E-state index contributed by atoms with van der Waals surface area (Å²) in [5.41, 5.74) is 2.92. The molecule has 1 aromatic rings. The van der Waals surface area contributed by atoms with E-state index in [-0.39, 0.29) is 5.91 Å². The Hall–Kier alpha value is -2.27. The smallest absolute Gasteiger partial charge is 0.255 e. The fraction of sp³-hybridized carbons (Fsp3) is 0.542. The number of amides is 1. The molecule has 1 heterocycles.